The summed E-state index contributed by atoms with van der Waals surface area (Å²) < 4.78 is 5.88. The molecule has 3 heterocycles. The Morgan fingerprint density at radius 3 is 2.97 bits per heavy atom. The lowest BCUT2D eigenvalue weighted by atomic mass is 9.97. The standard InChI is InChI=1S/C27H29N5O2/c1-19-5-6-23(14-26(19)29-15-20-7-9-28-10-8-20)27(33)32-11-12-34-18-21(17-32)13-22-3-2-4-25-24(22)16-30-31-25/h2-10,14,16,21,29H,11-13,15,17-18H2,1H3,(H,30,31). The van der Waals surface area contributed by atoms with Crippen molar-refractivity contribution in [2.24, 2.45) is 5.92 Å². The number of hydrogen-bond acceptors (Lipinski definition) is 5. The number of benzene rings is 2. The number of aromatic nitrogens is 3. The van der Waals surface area contributed by atoms with Gasteiger partial charge in [-0.2, -0.15) is 5.10 Å². The largest absolute Gasteiger partial charge is 0.381 e. The Hall–Kier alpha value is -3.71. The fourth-order valence-corrected chi connectivity index (χ4v) is 4.53. The average molecular weight is 456 g/mol. The Morgan fingerprint density at radius 1 is 1.21 bits per heavy atom. The van der Waals surface area contributed by atoms with Gasteiger partial charge in [0.05, 0.1) is 24.9 Å². The van der Waals surface area contributed by atoms with Crippen LogP contribution in [0.25, 0.3) is 10.9 Å². The number of nitrogens with zero attached hydrogens (tertiary/aromatic N) is 3. The molecule has 0 spiro atoms. The van der Waals surface area contributed by atoms with Gasteiger partial charge >= 0.3 is 0 Å². The van der Waals surface area contributed by atoms with Crippen molar-refractivity contribution in [2.75, 3.05) is 31.6 Å². The van der Waals surface area contributed by atoms with E-state index in [1.807, 2.05) is 53.6 Å². The van der Waals surface area contributed by atoms with Gasteiger partial charge in [0.1, 0.15) is 0 Å². The van der Waals surface area contributed by atoms with E-state index in [4.69, 9.17) is 4.74 Å². The number of aromatic amines is 1. The lowest BCUT2D eigenvalue weighted by molar-refractivity contribution is 0.0737. The van der Waals surface area contributed by atoms with Gasteiger partial charge in [0.2, 0.25) is 0 Å². The number of aryl methyl sites for hydroxylation is 1. The smallest absolute Gasteiger partial charge is 0.254 e. The third-order valence-electron chi connectivity index (χ3n) is 6.43. The van der Waals surface area contributed by atoms with E-state index >= 15 is 0 Å². The van der Waals surface area contributed by atoms with E-state index in [1.54, 1.807) is 12.4 Å². The second-order valence-corrected chi connectivity index (χ2v) is 8.88. The maximum Gasteiger partial charge on any atom is 0.254 e. The first-order valence-corrected chi connectivity index (χ1v) is 11.7. The number of rotatable bonds is 6. The van der Waals surface area contributed by atoms with Crippen LogP contribution in [0.2, 0.25) is 0 Å². The van der Waals surface area contributed by atoms with Crippen LogP contribution in [0.1, 0.15) is 27.0 Å². The molecule has 0 bridgehead atoms. The van der Waals surface area contributed by atoms with Crippen molar-refractivity contribution in [3.05, 3.63) is 89.4 Å². The zero-order valence-electron chi connectivity index (χ0n) is 19.3. The molecule has 2 N–H and O–H groups in total. The number of H-pyrrole nitrogens is 1. The number of anilines is 1. The number of hydrogen-bond donors (Lipinski definition) is 2. The minimum Gasteiger partial charge on any atom is -0.381 e. The molecule has 0 saturated carbocycles. The summed E-state index contributed by atoms with van der Waals surface area (Å²) in [4.78, 5) is 19.5. The lowest BCUT2D eigenvalue weighted by Gasteiger charge is -2.24. The maximum atomic E-state index is 13.5. The highest BCUT2D eigenvalue weighted by atomic mass is 16.5. The zero-order valence-corrected chi connectivity index (χ0v) is 19.3. The van der Waals surface area contributed by atoms with Crippen molar-refractivity contribution >= 4 is 22.5 Å². The molecular weight excluding hydrogens is 426 g/mol. The first-order chi connectivity index (χ1) is 16.7. The number of pyridine rings is 1. The molecule has 4 aromatic rings. The number of ether oxygens (including phenoxy) is 1. The summed E-state index contributed by atoms with van der Waals surface area (Å²) in [7, 11) is 0. The lowest BCUT2D eigenvalue weighted by Crippen LogP contribution is -2.36. The quantitative estimate of drug-likeness (QED) is 0.455. The Bertz CT molecular complexity index is 1270. The van der Waals surface area contributed by atoms with Crippen LogP contribution in [0.4, 0.5) is 5.69 Å². The third kappa shape index (κ3) is 4.94. The molecule has 174 valence electrons. The van der Waals surface area contributed by atoms with Crippen molar-refractivity contribution in [2.45, 2.75) is 19.9 Å². The van der Waals surface area contributed by atoms with Gasteiger partial charge in [-0.3, -0.25) is 14.9 Å². The van der Waals surface area contributed by atoms with Gasteiger partial charge in [0.25, 0.3) is 5.91 Å². The van der Waals surface area contributed by atoms with Crippen LogP contribution < -0.4 is 5.32 Å². The molecule has 7 nitrogen and oxygen atoms in total. The molecule has 1 atom stereocenters. The van der Waals surface area contributed by atoms with E-state index < -0.39 is 0 Å². The first-order valence-electron chi connectivity index (χ1n) is 11.7. The number of carbonyl (C=O) groups is 1. The molecule has 34 heavy (non-hydrogen) atoms. The van der Waals surface area contributed by atoms with Crippen LogP contribution in [-0.2, 0) is 17.7 Å². The molecule has 1 aliphatic heterocycles. The molecule has 0 radical (unpaired) electrons. The molecule has 1 saturated heterocycles. The fourth-order valence-electron chi connectivity index (χ4n) is 4.53. The van der Waals surface area contributed by atoms with Crippen molar-refractivity contribution in [3.8, 4) is 0 Å². The molecular formula is C27H29N5O2. The average Bonchev–Trinajstić information content (AvgIpc) is 3.24. The zero-order chi connectivity index (χ0) is 23.3. The number of fused-ring (bicyclic) bond motifs is 1. The van der Waals surface area contributed by atoms with Crippen LogP contribution >= 0.6 is 0 Å². The summed E-state index contributed by atoms with van der Waals surface area (Å²) in [6.45, 7) is 5.19. The van der Waals surface area contributed by atoms with E-state index in [0.29, 0.717) is 38.4 Å². The number of nitrogens with one attached hydrogen (secondary N) is 2. The number of amides is 1. The van der Waals surface area contributed by atoms with E-state index in [9.17, 15) is 4.79 Å². The molecule has 1 unspecified atom stereocenters. The van der Waals surface area contributed by atoms with Gasteiger partial charge < -0.3 is 15.0 Å². The summed E-state index contributed by atoms with van der Waals surface area (Å²) in [5, 5.41) is 11.8. The summed E-state index contributed by atoms with van der Waals surface area (Å²) >= 11 is 0. The monoisotopic (exact) mass is 455 g/mol. The first kappa shape index (κ1) is 22.1. The molecule has 1 aliphatic rings. The Morgan fingerprint density at radius 2 is 2.09 bits per heavy atom. The second-order valence-electron chi connectivity index (χ2n) is 8.88. The van der Waals surface area contributed by atoms with Crippen molar-refractivity contribution in [1.29, 1.82) is 0 Å². The third-order valence-corrected chi connectivity index (χ3v) is 6.43. The highest BCUT2D eigenvalue weighted by Gasteiger charge is 2.24. The van der Waals surface area contributed by atoms with Crippen LogP contribution in [0.3, 0.4) is 0 Å². The Labute approximate surface area is 199 Å². The molecule has 2 aromatic carbocycles. The topological polar surface area (TPSA) is 83.1 Å². The van der Waals surface area contributed by atoms with Gasteiger partial charge in [-0.1, -0.05) is 18.2 Å². The van der Waals surface area contributed by atoms with Crippen LogP contribution in [0.15, 0.2) is 67.1 Å². The SMILES string of the molecule is Cc1ccc(C(=O)N2CCOCC(Cc3cccc4[nH]ncc34)C2)cc1NCc1ccncc1. The van der Waals surface area contributed by atoms with Gasteiger partial charge in [-0.15, -0.1) is 0 Å². The summed E-state index contributed by atoms with van der Waals surface area (Å²) in [6.07, 6.45) is 6.29. The predicted molar refractivity (Wildman–Crippen MR) is 133 cm³/mol. The Kier molecular flexibility index (Phi) is 6.53. The van der Waals surface area contributed by atoms with Crippen molar-refractivity contribution in [3.63, 3.8) is 0 Å². The molecule has 7 heteroatoms. The van der Waals surface area contributed by atoms with E-state index in [-0.39, 0.29) is 11.8 Å². The van der Waals surface area contributed by atoms with Gasteiger partial charge in [-0.05, 0) is 60.4 Å². The summed E-state index contributed by atoms with van der Waals surface area (Å²) in [5.74, 6) is 0.269. The molecule has 5 rings (SSSR count). The highest BCUT2D eigenvalue weighted by molar-refractivity contribution is 5.95. The van der Waals surface area contributed by atoms with E-state index in [2.05, 4.69) is 33.5 Å². The minimum absolute atomic E-state index is 0.0454. The molecule has 1 fully saturated rings. The molecule has 2 aromatic heterocycles. The number of carbonyl (C=O) groups excluding carboxylic acids is 1. The second kappa shape index (κ2) is 10.1. The summed E-state index contributed by atoms with van der Waals surface area (Å²) in [5.41, 5.74) is 6.18. The van der Waals surface area contributed by atoms with Gasteiger partial charge in [0, 0.05) is 54.6 Å². The van der Waals surface area contributed by atoms with E-state index in [0.717, 1.165) is 34.1 Å². The normalized spacial score (nSPS) is 16.4. The van der Waals surface area contributed by atoms with Crippen molar-refractivity contribution in [1.82, 2.24) is 20.1 Å². The molecule has 1 amide bonds. The van der Waals surface area contributed by atoms with Gasteiger partial charge in [-0.25, -0.2) is 0 Å². The van der Waals surface area contributed by atoms with Gasteiger partial charge in [0.15, 0.2) is 0 Å². The maximum absolute atomic E-state index is 13.5. The molecule has 0 aliphatic carbocycles. The highest BCUT2D eigenvalue weighted by Crippen LogP contribution is 2.23. The van der Waals surface area contributed by atoms with E-state index in [1.165, 1.54) is 5.56 Å². The summed E-state index contributed by atoms with van der Waals surface area (Å²) in [6, 6.07) is 16.1. The van der Waals surface area contributed by atoms with Crippen LogP contribution in [0.5, 0.6) is 0 Å². The predicted octanol–water partition coefficient (Wildman–Crippen LogP) is 4.21. The minimum atomic E-state index is 0.0454. The fraction of sp³-hybridized carbons (Fsp3) is 0.296. The van der Waals surface area contributed by atoms with Crippen LogP contribution in [-0.4, -0.2) is 52.3 Å². The Balaban J connectivity index is 1.29. The van der Waals surface area contributed by atoms with Crippen molar-refractivity contribution < 1.29 is 9.53 Å². The van der Waals surface area contributed by atoms with Crippen LogP contribution in [0, 0.1) is 12.8 Å².